The number of carbonyl (C=O) groups excluding carboxylic acids is 1. The Labute approximate surface area is 138 Å². The van der Waals surface area contributed by atoms with Gasteiger partial charge in [-0.15, -0.1) is 11.3 Å². The van der Waals surface area contributed by atoms with Crippen molar-refractivity contribution in [1.82, 2.24) is 9.88 Å². The Morgan fingerprint density at radius 3 is 2.57 bits per heavy atom. The van der Waals surface area contributed by atoms with Crippen LogP contribution in [0.4, 0.5) is 0 Å². The fourth-order valence-corrected chi connectivity index (χ4v) is 3.13. The van der Waals surface area contributed by atoms with Crippen molar-refractivity contribution < 1.29 is 4.79 Å². The van der Waals surface area contributed by atoms with Crippen LogP contribution in [0.2, 0.25) is 0 Å². The van der Waals surface area contributed by atoms with Gasteiger partial charge >= 0.3 is 0 Å². The zero-order valence-electron chi connectivity index (χ0n) is 12.6. The van der Waals surface area contributed by atoms with Crippen LogP contribution >= 0.6 is 11.3 Å². The molecule has 2 heterocycles. The maximum Gasteiger partial charge on any atom is 0.252 e. The fourth-order valence-electron chi connectivity index (χ4n) is 2.32. The lowest BCUT2D eigenvalue weighted by atomic mass is 10.0. The molecular formula is C18H16N2O2S. The molecule has 0 aliphatic rings. The van der Waals surface area contributed by atoms with Crippen LogP contribution in [0.1, 0.15) is 26.8 Å². The molecule has 0 fully saturated rings. The quantitative estimate of drug-likeness (QED) is 0.802. The van der Waals surface area contributed by atoms with Crippen molar-refractivity contribution >= 4 is 17.2 Å². The lowest BCUT2D eigenvalue weighted by Gasteiger charge is -2.18. The van der Waals surface area contributed by atoms with Crippen molar-refractivity contribution in [2.45, 2.75) is 6.04 Å². The number of benzene rings is 1. The second-order valence-electron chi connectivity index (χ2n) is 5.20. The summed E-state index contributed by atoms with van der Waals surface area (Å²) in [6.07, 6.45) is 1.60. The van der Waals surface area contributed by atoms with Gasteiger partial charge in [-0.25, -0.2) is 0 Å². The maximum absolute atomic E-state index is 12.5. The zero-order chi connectivity index (χ0) is 16.2. The molecule has 0 saturated heterocycles. The van der Waals surface area contributed by atoms with Gasteiger partial charge < -0.3 is 9.88 Å². The van der Waals surface area contributed by atoms with E-state index in [2.05, 4.69) is 5.32 Å². The first-order valence-electron chi connectivity index (χ1n) is 7.21. The van der Waals surface area contributed by atoms with Crippen molar-refractivity contribution in [3.63, 3.8) is 0 Å². The predicted molar refractivity (Wildman–Crippen MR) is 91.8 cm³/mol. The number of aromatic nitrogens is 1. The minimum Gasteiger partial charge on any atom is -0.340 e. The lowest BCUT2D eigenvalue weighted by molar-refractivity contribution is 0.0943. The van der Waals surface area contributed by atoms with Gasteiger partial charge in [0, 0.05) is 29.8 Å². The maximum atomic E-state index is 12.5. The third-order valence-electron chi connectivity index (χ3n) is 3.60. The van der Waals surface area contributed by atoms with Crippen LogP contribution in [-0.2, 0) is 7.05 Å². The molecule has 0 aliphatic carbocycles. The SMILES string of the molecule is Cn1ccc(C(=O)N[C@H](c2ccccc2)c2cccs2)cc1=O. The highest BCUT2D eigenvalue weighted by molar-refractivity contribution is 7.10. The van der Waals surface area contributed by atoms with Crippen LogP contribution in [-0.4, -0.2) is 10.5 Å². The van der Waals surface area contributed by atoms with E-state index in [1.807, 2.05) is 47.8 Å². The first kappa shape index (κ1) is 15.2. The third kappa shape index (κ3) is 3.40. The summed E-state index contributed by atoms with van der Waals surface area (Å²) in [4.78, 5) is 25.3. The van der Waals surface area contributed by atoms with Gasteiger partial charge in [0.2, 0.25) is 0 Å². The smallest absolute Gasteiger partial charge is 0.252 e. The molecule has 1 atom stereocenters. The van der Waals surface area contributed by atoms with Crippen LogP contribution < -0.4 is 10.9 Å². The van der Waals surface area contributed by atoms with Crippen molar-refractivity contribution in [3.8, 4) is 0 Å². The van der Waals surface area contributed by atoms with Gasteiger partial charge in [-0.3, -0.25) is 9.59 Å². The highest BCUT2D eigenvalue weighted by Gasteiger charge is 2.18. The molecule has 3 aromatic rings. The second-order valence-corrected chi connectivity index (χ2v) is 6.18. The van der Waals surface area contributed by atoms with Crippen LogP contribution in [0, 0.1) is 0 Å². The van der Waals surface area contributed by atoms with E-state index < -0.39 is 0 Å². The first-order chi connectivity index (χ1) is 11.1. The van der Waals surface area contributed by atoms with E-state index in [1.165, 1.54) is 10.6 Å². The number of rotatable bonds is 4. The number of pyridine rings is 1. The number of thiophene rings is 1. The molecule has 1 N–H and O–H groups in total. The Kier molecular flexibility index (Phi) is 4.39. The molecule has 0 radical (unpaired) electrons. The van der Waals surface area contributed by atoms with Crippen LogP contribution in [0.5, 0.6) is 0 Å². The van der Waals surface area contributed by atoms with E-state index in [0.717, 1.165) is 10.4 Å². The Morgan fingerprint density at radius 1 is 1.13 bits per heavy atom. The summed E-state index contributed by atoms with van der Waals surface area (Å²) in [5, 5.41) is 5.00. The monoisotopic (exact) mass is 324 g/mol. The summed E-state index contributed by atoms with van der Waals surface area (Å²) >= 11 is 1.59. The summed E-state index contributed by atoms with van der Waals surface area (Å²) in [6, 6.07) is 16.5. The lowest BCUT2D eigenvalue weighted by Crippen LogP contribution is -2.30. The van der Waals surface area contributed by atoms with Gasteiger partial charge in [-0.05, 0) is 23.1 Å². The highest BCUT2D eigenvalue weighted by atomic mass is 32.1. The molecule has 0 unspecified atom stereocenters. The molecule has 3 rings (SSSR count). The molecule has 116 valence electrons. The first-order valence-corrected chi connectivity index (χ1v) is 8.09. The Morgan fingerprint density at radius 2 is 1.91 bits per heavy atom. The summed E-state index contributed by atoms with van der Waals surface area (Å²) in [5.41, 5.74) is 1.17. The largest absolute Gasteiger partial charge is 0.340 e. The Hall–Kier alpha value is -2.66. The van der Waals surface area contributed by atoms with Crippen LogP contribution in [0.25, 0.3) is 0 Å². The van der Waals surface area contributed by atoms with Crippen LogP contribution in [0.3, 0.4) is 0 Å². The number of nitrogens with one attached hydrogen (secondary N) is 1. The number of nitrogens with zero attached hydrogens (tertiary/aromatic N) is 1. The van der Waals surface area contributed by atoms with Crippen molar-refractivity contribution in [2.75, 3.05) is 0 Å². The van der Waals surface area contributed by atoms with Gasteiger partial charge in [0.25, 0.3) is 11.5 Å². The molecular weight excluding hydrogens is 308 g/mol. The molecule has 1 amide bonds. The fraction of sp³-hybridized carbons (Fsp3) is 0.111. The van der Waals surface area contributed by atoms with Gasteiger partial charge in [0.1, 0.15) is 0 Å². The van der Waals surface area contributed by atoms with Crippen molar-refractivity contribution in [3.05, 3.63) is 92.5 Å². The molecule has 4 nitrogen and oxygen atoms in total. The zero-order valence-corrected chi connectivity index (χ0v) is 13.4. The molecule has 5 heteroatoms. The number of hydrogen-bond acceptors (Lipinski definition) is 3. The summed E-state index contributed by atoms with van der Waals surface area (Å²) in [5.74, 6) is -0.259. The summed E-state index contributed by atoms with van der Waals surface area (Å²) in [6.45, 7) is 0. The van der Waals surface area contributed by atoms with E-state index >= 15 is 0 Å². The van der Waals surface area contributed by atoms with Gasteiger partial charge in [0.15, 0.2) is 0 Å². The third-order valence-corrected chi connectivity index (χ3v) is 4.54. The van der Waals surface area contributed by atoms with Crippen molar-refractivity contribution in [1.29, 1.82) is 0 Å². The Bertz CT molecular complexity index is 854. The minimum absolute atomic E-state index is 0.204. The standard InChI is InChI=1S/C18H16N2O2S/c1-20-10-9-14(12-16(20)21)18(22)19-17(15-8-5-11-23-15)13-6-3-2-4-7-13/h2-12,17H,1H3,(H,19,22)/t17-/m1/s1. The molecule has 0 spiro atoms. The van der Waals surface area contributed by atoms with E-state index in [1.54, 1.807) is 30.6 Å². The highest BCUT2D eigenvalue weighted by Crippen LogP contribution is 2.26. The molecule has 0 aliphatic heterocycles. The van der Waals surface area contributed by atoms with E-state index in [9.17, 15) is 9.59 Å². The number of carbonyl (C=O) groups is 1. The van der Waals surface area contributed by atoms with Gasteiger partial charge in [-0.2, -0.15) is 0 Å². The predicted octanol–water partition coefficient (Wildman–Crippen LogP) is 2.97. The normalized spacial score (nSPS) is 11.9. The van der Waals surface area contributed by atoms with E-state index in [4.69, 9.17) is 0 Å². The Balaban J connectivity index is 1.91. The topological polar surface area (TPSA) is 51.1 Å². The second kappa shape index (κ2) is 6.62. The van der Waals surface area contributed by atoms with Gasteiger partial charge in [-0.1, -0.05) is 36.4 Å². The number of hydrogen-bond donors (Lipinski definition) is 1. The number of amides is 1. The molecule has 0 bridgehead atoms. The molecule has 1 aromatic carbocycles. The average molecular weight is 324 g/mol. The number of aryl methyl sites for hydroxylation is 1. The molecule has 23 heavy (non-hydrogen) atoms. The summed E-state index contributed by atoms with van der Waals surface area (Å²) in [7, 11) is 1.66. The van der Waals surface area contributed by atoms with E-state index in [0.29, 0.717) is 5.56 Å². The summed E-state index contributed by atoms with van der Waals surface area (Å²) < 4.78 is 1.44. The molecule has 0 saturated carbocycles. The van der Waals surface area contributed by atoms with Gasteiger partial charge in [0.05, 0.1) is 6.04 Å². The average Bonchev–Trinajstić information content (AvgIpc) is 3.10. The van der Waals surface area contributed by atoms with Crippen molar-refractivity contribution in [2.24, 2.45) is 7.05 Å². The van der Waals surface area contributed by atoms with E-state index in [-0.39, 0.29) is 17.5 Å². The minimum atomic E-state index is -0.259. The van der Waals surface area contributed by atoms with Crippen LogP contribution in [0.15, 0.2) is 71.0 Å². The molecule has 2 aromatic heterocycles.